The van der Waals surface area contributed by atoms with Crippen molar-refractivity contribution >= 4 is 0 Å². The van der Waals surface area contributed by atoms with Crippen LogP contribution < -0.4 is 5.32 Å². The van der Waals surface area contributed by atoms with E-state index in [0.717, 1.165) is 19.4 Å². The van der Waals surface area contributed by atoms with Crippen molar-refractivity contribution in [2.45, 2.75) is 51.2 Å². The summed E-state index contributed by atoms with van der Waals surface area (Å²) >= 11 is 0. The molecule has 0 bridgehead atoms. The van der Waals surface area contributed by atoms with E-state index in [1.807, 2.05) is 6.92 Å². The summed E-state index contributed by atoms with van der Waals surface area (Å²) in [7, 11) is 1.63. The van der Waals surface area contributed by atoms with E-state index in [4.69, 9.17) is 4.74 Å². The second-order valence-corrected chi connectivity index (χ2v) is 3.90. The van der Waals surface area contributed by atoms with Crippen molar-refractivity contribution in [1.29, 1.82) is 0 Å². The minimum atomic E-state index is -4.02. The molecule has 0 fully saturated rings. The van der Waals surface area contributed by atoms with Gasteiger partial charge in [0.25, 0.3) is 0 Å². The fourth-order valence-electron chi connectivity index (χ4n) is 1.66. The number of rotatable bonds is 9. The van der Waals surface area contributed by atoms with E-state index in [2.05, 4.69) is 5.32 Å². The SMILES string of the molecule is CCNC(CCCOC)CCCC(F)(F)F. The van der Waals surface area contributed by atoms with Gasteiger partial charge in [-0.05, 0) is 32.2 Å². The second-order valence-electron chi connectivity index (χ2n) is 3.90. The quantitative estimate of drug-likeness (QED) is 0.626. The van der Waals surface area contributed by atoms with E-state index < -0.39 is 12.6 Å². The van der Waals surface area contributed by atoms with Crippen molar-refractivity contribution in [3.63, 3.8) is 0 Å². The van der Waals surface area contributed by atoms with Gasteiger partial charge in [-0.25, -0.2) is 0 Å². The Bertz CT molecular complexity index is 162. The maximum atomic E-state index is 12.0. The molecule has 1 unspecified atom stereocenters. The fourth-order valence-corrected chi connectivity index (χ4v) is 1.66. The van der Waals surface area contributed by atoms with E-state index in [0.29, 0.717) is 13.0 Å². The zero-order chi connectivity index (χ0) is 12.4. The molecule has 0 rings (SSSR count). The standard InChI is InChI=1S/C11H22F3NO/c1-3-15-10(7-5-9-16-2)6-4-8-11(12,13)14/h10,15H,3-9H2,1-2H3. The van der Waals surface area contributed by atoms with Crippen LogP contribution in [0.5, 0.6) is 0 Å². The molecule has 0 aromatic heterocycles. The number of ether oxygens (including phenoxy) is 1. The molecule has 0 saturated heterocycles. The van der Waals surface area contributed by atoms with Crippen LogP contribution in [0.2, 0.25) is 0 Å². The number of hydrogen-bond donors (Lipinski definition) is 1. The number of hydrogen-bond acceptors (Lipinski definition) is 2. The third kappa shape index (κ3) is 10.2. The second kappa shape index (κ2) is 8.82. The molecule has 1 atom stereocenters. The Labute approximate surface area is 95.5 Å². The van der Waals surface area contributed by atoms with Crippen LogP contribution in [0.15, 0.2) is 0 Å². The molecule has 0 saturated carbocycles. The molecule has 0 aliphatic rings. The zero-order valence-electron chi connectivity index (χ0n) is 10.1. The van der Waals surface area contributed by atoms with Gasteiger partial charge in [0.15, 0.2) is 0 Å². The maximum absolute atomic E-state index is 12.0. The molecule has 0 aliphatic heterocycles. The smallest absolute Gasteiger partial charge is 0.385 e. The molecule has 2 nitrogen and oxygen atoms in total. The van der Waals surface area contributed by atoms with Gasteiger partial charge in [-0.3, -0.25) is 0 Å². The molecular weight excluding hydrogens is 219 g/mol. The van der Waals surface area contributed by atoms with E-state index in [-0.39, 0.29) is 12.5 Å². The van der Waals surface area contributed by atoms with Crippen molar-refractivity contribution in [3.05, 3.63) is 0 Å². The van der Waals surface area contributed by atoms with Crippen molar-refractivity contribution < 1.29 is 17.9 Å². The molecular formula is C11H22F3NO. The van der Waals surface area contributed by atoms with Gasteiger partial charge in [0.05, 0.1) is 0 Å². The van der Waals surface area contributed by atoms with Gasteiger partial charge in [0.2, 0.25) is 0 Å². The van der Waals surface area contributed by atoms with Gasteiger partial charge >= 0.3 is 6.18 Å². The summed E-state index contributed by atoms with van der Waals surface area (Å²) in [4.78, 5) is 0. The molecule has 0 aromatic rings. The summed E-state index contributed by atoms with van der Waals surface area (Å²) in [5, 5.41) is 3.20. The Morgan fingerprint density at radius 2 is 1.81 bits per heavy atom. The molecule has 0 heterocycles. The van der Waals surface area contributed by atoms with E-state index in [1.54, 1.807) is 7.11 Å². The molecule has 98 valence electrons. The first kappa shape index (κ1) is 15.7. The Balaban J connectivity index is 3.67. The van der Waals surface area contributed by atoms with Gasteiger partial charge in [-0.15, -0.1) is 0 Å². The monoisotopic (exact) mass is 241 g/mol. The van der Waals surface area contributed by atoms with Crippen LogP contribution in [0.4, 0.5) is 13.2 Å². The molecule has 16 heavy (non-hydrogen) atoms. The van der Waals surface area contributed by atoms with E-state index >= 15 is 0 Å². The first-order valence-corrected chi connectivity index (χ1v) is 5.78. The number of nitrogens with one attached hydrogen (secondary N) is 1. The van der Waals surface area contributed by atoms with Crippen LogP contribution in [0.25, 0.3) is 0 Å². The average Bonchev–Trinajstić information content (AvgIpc) is 2.16. The van der Waals surface area contributed by atoms with Crippen LogP contribution in [0.1, 0.15) is 39.0 Å². The topological polar surface area (TPSA) is 21.3 Å². The molecule has 5 heteroatoms. The van der Waals surface area contributed by atoms with Crippen molar-refractivity contribution in [2.75, 3.05) is 20.3 Å². The third-order valence-electron chi connectivity index (χ3n) is 2.41. The Morgan fingerprint density at radius 1 is 1.19 bits per heavy atom. The lowest BCUT2D eigenvalue weighted by Gasteiger charge is -2.18. The first-order valence-electron chi connectivity index (χ1n) is 5.78. The lowest BCUT2D eigenvalue weighted by molar-refractivity contribution is -0.135. The van der Waals surface area contributed by atoms with Gasteiger partial charge < -0.3 is 10.1 Å². The average molecular weight is 241 g/mol. The van der Waals surface area contributed by atoms with Crippen LogP contribution in [0.3, 0.4) is 0 Å². The fraction of sp³-hybridized carbons (Fsp3) is 1.00. The maximum Gasteiger partial charge on any atom is 0.389 e. The summed E-state index contributed by atoms with van der Waals surface area (Å²) in [5.74, 6) is 0. The molecule has 0 radical (unpaired) electrons. The highest BCUT2D eigenvalue weighted by atomic mass is 19.4. The van der Waals surface area contributed by atoms with Gasteiger partial charge in [-0.2, -0.15) is 13.2 Å². The third-order valence-corrected chi connectivity index (χ3v) is 2.41. The van der Waals surface area contributed by atoms with E-state index in [1.165, 1.54) is 0 Å². The Hall–Kier alpha value is -0.290. The molecule has 0 spiro atoms. The van der Waals surface area contributed by atoms with Gasteiger partial charge in [-0.1, -0.05) is 6.92 Å². The van der Waals surface area contributed by atoms with Crippen molar-refractivity contribution in [2.24, 2.45) is 0 Å². The van der Waals surface area contributed by atoms with Crippen LogP contribution >= 0.6 is 0 Å². The first-order chi connectivity index (χ1) is 7.49. The Morgan fingerprint density at radius 3 is 2.31 bits per heavy atom. The summed E-state index contributed by atoms with van der Waals surface area (Å²) in [6.45, 7) is 3.43. The zero-order valence-corrected chi connectivity index (χ0v) is 10.1. The number of methoxy groups -OCH3 is 1. The normalized spacial score (nSPS) is 14.1. The van der Waals surface area contributed by atoms with Gasteiger partial charge in [0.1, 0.15) is 0 Å². The summed E-state index contributed by atoms with van der Waals surface area (Å²) in [5.41, 5.74) is 0. The predicted molar refractivity (Wildman–Crippen MR) is 58.5 cm³/mol. The highest BCUT2D eigenvalue weighted by Crippen LogP contribution is 2.23. The Kier molecular flexibility index (Phi) is 8.66. The summed E-state index contributed by atoms with van der Waals surface area (Å²) in [6.07, 6.45) is -2.16. The predicted octanol–water partition coefficient (Wildman–Crippen LogP) is 3.12. The highest BCUT2D eigenvalue weighted by molar-refractivity contribution is 4.67. The minimum absolute atomic E-state index is 0.183. The van der Waals surface area contributed by atoms with Crippen molar-refractivity contribution in [3.8, 4) is 0 Å². The summed E-state index contributed by atoms with van der Waals surface area (Å²) < 4.78 is 40.8. The van der Waals surface area contributed by atoms with Crippen LogP contribution in [0, 0.1) is 0 Å². The summed E-state index contributed by atoms with van der Waals surface area (Å²) in [6, 6.07) is 0.183. The molecule has 0 amide bonds. The largest absolute Gasteiger partial charge is 0.389 e. The van der Waals surface area contributed by atoms with Crippen LogP contribution in [-0.2, 0) is 4.74 Å². The lowest BCUT2D eigenvalue weighted by Crippen LogP contribution is -2.29. The molecule has 0 aromatic carbocycles. The lowest BCUT2D eigenvalue weighted by atomic mass is 10.0. The van der Waals surface area contributed by atoms with Crippen LogP contribution in [-0.4, -0.2) is 32.5 Å². The number of halogens is 3. The number of alkyl halides is 3. The minimum Gasteiger partial charge on any atom is -0.385 e. The van der Waals surface area contributed by atoms with E-state index in [9.17, 15) is 13.2 Å². The van der Waals surface area contributed by atoms with Crippen molar-refractivity contribution in [1.82, 2.24) is 5.32 Å². The molecule has 0 aliphatic carbocycles. The highest BCUT2D eigenvalue weighted by Gasteiger charge is 2.26. The van der Waals surface area contributed by atoms with Gasteiger partial charge in [0, 0.05) is 26.2 Å². The molecule has 1 N–H and O–H groups in total.